The van der Waals surface area contributed by atoms with Gasteiger partial charge < -0.3 is 14.5 Å². The van der Waals surface area contributed by atoms with Gasteiger partial charge in [0.1, 0.15) is 0 Å². The van der Waals surface area contributed by atoms with Crippen LogP contribution in [0.15, 0.2) is 0 Å². The number of rotatable bonds is 7. The van der Waals surface area contributed by atoms with E-state index >= 15 is 0 Å². The standard InChI is InChI=1S/C14H24ClN5O/c1-4-20(5-2)13-16-12(15)17-14(18-13)21-10-8-11-7-6-9-19(11)3/h11H,4-10H2,1-3H3. The Morgan fingerprint density at radius 3 is 2.67 bits per heavy atom. The molecule has 2 rings (SSSR count). The number of hydrogen-bond donors (Lipinski definition) is 0. The van der Waals surface area contributed by atoms with Crippen LogP contribution in [0.3, 0.4) is 0 Å². The average Bonchev–Trinajstić information content (AvgIpc) is 2.85. The van der Waals surface area contributed by atoms with Crippen molar-refractivity contribution in [3.63, 3.8) is 0 Å². The Morgan fingerprint density at radius 1 is 1.29 bits per heavy atom. The maximum Gasteiger partial charge on any atom is 0.322 e. The van der Waals surface area contributed by atoms with Crippen LogP contribution < -0.4 is 9.64 Å². The first-order valence-electron chi connectivity index (χ1n) is 7.63. The summed E-state index contributed by atoms with van der Waals surface area (Å²) < 4.78 is 5.68. The maximum absolute atomic E-state index is 5.96. The monoisotopic (exact) mass is 313 g/mol. The predicted molar refractivity (Wildman–Crippen MR) is 84.2 cm³/mol. The second-order valence-electron chi connectivity index (χ2n) is 5.27. The summed E-state index contributed by atoms with van der Waals surface area (Å²) in [5, 5.41) is 0.180. The summed E-state index contributed by atoms with van der Waals surface area (Å²) in [6.45, 7) is 7.53. The van der Waals surface area contributed by atoms with Crippen LogP contribution in [0.25, 0.3) is 0 Å². The SMILES string of the molecule is CCN(CC)c1nc(Cl)nc(OCCC2CCCN2C)n1. The van der Waals surface area contributed by atoms with Crippen LogP contribution >= 0.6 is 11.6 Å². The number of likely N-dealkylation sites (tertiary alicyclic amines) is 1. The number of hydrogen-bond acceptors (Lipinski definition) is 6. The van der Waals surface area contributed by atoms with Gasteiger partial charge in [0, 0.05) is 19.1 Å². The smallest absolute Gasteiger partial charge is 0.322 e. The first-order chi connectivity index (χ1) is 10.1. The molecule has 7 heteroatoms. The third-order valence-corrected chi connectivity index (χ3v) is 4.14. The fraction of sp³-hybridized carbons (Fsp3) is 0.786. The van der Waals surface area contributed by atoms with Crippen LogP contribution in [0.5, 0.6) is 6.01 Å². The number of aromatic nitrogens is 3. The average molecular weight is 314 g/mol. The molecule has 21 heavy (non-hydrogen) atoms. The van der Waals surface area contributed by atoms with Crippen molar-refractivity contribution in [3.8, 4) is 6.01 Å². The lowest BCUT2D eigenvalue weighted by Crippen LogP contribution is -2.27. The minimum atomic E-state index is 0.180. The summed E-state index contributed by atoms with van der Waals surface area (Å²) in [4.78, 5) is 16.9. The van der Waals surface area contributed by atoms with Crippen molar-refractivity contribution in [1.82, 2.24) is 19.9 Å². The van der Waals surface area contributed by atoms with Crippen LogP contribution in [0.2, 0.25) is 5.28 Å². The molecule has 0 aliphatic carbocycles. The highest BCUT2D eigenvalue weighted by Crippen LogP contribution is 2.19. The van der Waals surface area contributed by atoms with Crippen molar-refractivity contribution in [2.75, 3.05) is 38.2 Å². The quantitative estimate of drug-likeness (QED) is 0.769. The lowest BCUT2D eigenvalue weighted by atomic mass is 10.2. The summed E-state index contributed by atoms with van der Waals surface area (Å²) in [7, 11) is 2.16. The highest BCUT2D eigenvalue weighted by atomic mass is 35.5. The van der Waals surface area contributed by atoms with Crippen molar-refractivity contribution in [1.29, 1.82) is 0 Å². The molecule has 0 saturated carbocycles. The molecule has 0 aromatic carbocycles. The second kappa shape index (κ2) is 7.75. The zero-order chi connectivity index (χ0) is 15.2. The van der Waals surface area contributed by atoms with Gasteiger partial charge in [-0.25, -0.2) is 0 Å². The van der Waals surface area contributed by atoms with Crippen molar-refractivity contribution in [3.05, 3.63) is 5.28 Å². The van der Waals surface area contributed by atoms with E-state index in [0.29, 0.717) is 24.6 Å². The number of halogens is 1. The first kappa shape index (κ1) is 16.2. The molecule has 1 atom stereocenters. The third kappa shape index (κ3) is 4.41. The number of ether oxygens (including phenoxy) is 1. The van der Waals surface area contributed by atoms with Gasteiger partial charge in [-0.15, -0.1) is 0 Å². The van der Waals surface area contributed by atoms with E-state index in [1.54, 1.807) is 0 Å². The van der Waals surface area contributed by atoms with Crippen LogP contribution in [-0.2, 0) is 0 Å². The van der Waals surface area contributed by atoms with Gasteiger partial charge in [-0.2, -0.15) is 15.0 Å². The summed E-state index contributed by atoms with van der Waals surface area (Å²) in [6.07, 6.45) is 3.49. The van der Waals surface area contributed by atoms with Gasteiger partial charge in [-0.1, -0.05) is 0 Å². The molecule has 2 heterocycles. The van der Waals surface area contributed by atoms with Gasteiger partial charge in [0.15, 0.2) is 0 Å². The van der Waals surface area contributed by atoms with E-state index in [2.05, 4.69) is 40.7 Å². The zero-order valence-electron chi connectivity index (χ0n) is 13.0. The number of nitrogens with zero attached hydrogens (tertiary/aromatic N) is 5. The van der Waals surface area contributed by atoms with Crippen LogP contribution in [0.4, 0.5) is 5.95 Å². The number of anilines is 1. The molecule has 1 aromatic heterocycles. The summed E-state index contributed by atoms with van der Waals surface area (Å²) in [5.74, 6) is 0.577. The Bertz CT molecular complexity index is 455. The molecular weight excluding hydrogens is 290 g/mol. The van der Waals surface area contributed by atoms with Gasteiger partial charge in [0.2, 0.25) is 11.2 Å². The molecular formula is C14H24ClN5O. The Kier molecular flexibility index (Phi) is 5.99. The van der Waals surface area contributed by atoms with Crippen LogP contribution in [0, 0.1) is 0 Å². The largest absolute Gasteiger partial charge is 0.463 e. The van der Waals surface area contributed by atoms with Crippen molar-refractivity contribution >= 4 is 17.5 Å². The Labute approximate surface area is 131 Å². The minimum absolute atomic E-state index is 0.180. The molecule has 1 fully saturated rings. The lowest BCUT2D eigenvalue weighted by Gasteiger charge is -2.20. The van der Waals surface area contributed by atoms with E-state index in [0.717, 1.165) is 19.5 Å². The molecule has 118 valence electrons. The van der Waals surface area contributed by atoms with Crippen molar-refractivity contribution < 1.29 is 4.74 Å². The van der Waals surface area contributed by atoms with E-state index < -0.39 is 0 Å². The summed E-state index contributed by atoms with van der Waals surface area (Å²) in [6, 6.07) is 0.919. The third-order valence-electron chi connectivity index (χ3n) is 3.98. The molecule has 0 amide bonds. The molecule has 1 unspecified atom stereocenters. The van der Waals surface area contributed by atoms with Gasteiger partial charge in [0.25, 0.3) is 0 Å². The van der Waals surface area contributed by atoms with E-state index in [4.69, 9.17) is 16.3 Å². The zero-order valence-corrected chi connectivity index (χ0v) is 13.8. The van der Waals surface area contributed by atoms with Crippen molar-refractivity contribution in [2.24, 2.45) is 0 Å². The Balaban J connectivity index is 1.93. The van der Waals surface area contributed by atoms with E-state index in [9.17, 15) is 0 Å². The highest BCUT2D eigenvalue weighted by molar-refractivity contribution is 6.28. The van der Waals surface area contributed by atoms with Crippen molar-refractivity contribution in [2.45, 2.75) is 39.2 Å². The molecule has 6 nitrogen and oxygen atoms in total. The molecule has 1 aliphatic rings. The van der Waals surface area contributed by atoms with E-state index in [1.165, 1.54) is 19.4 Å². The van der Waals surface area contributed by atoms with Gasteiger partial charge in [-0.05, 0) is 58.3 Å². The molecule has 1 saturated heterocycles. The van der Waals surface area contributed by atoms with Gasteiger partial charge >= 0.3 is 6.01 Å². The summed E-state index contributed by atoms with van der Waals surface area (Å²) in [5.41, 5.74) is 0. The molecule has 1 aromatic rings. The fourth-order valence-electron chi connectivity index (χ4n) is 2.66. The topological polar surface area (TPSA) is 54.4 Å². The Hall–Kier alpha value is -1.14. The molecule has 0 bridgehead atoms. The molecule has 1 aliphatic heterocycles. The first-order valence-corrected chi connectivity index (χ1v) is 8.01. The van der Waals surface area contributed by atoms with Crippen LogP contribution in [0.1, 0.15) is 33.1 Å². The lowest BCUT2D eigenvalue weighted by molar-refractivity contribution is 0.223. The normalized spacial score (nSPS) is 19.0. The second-order valence-corrected chi connectivity index (χ2v) is 5.61. The van der Waals surface area contributed by atoms with E-state index in [1.807, 2.05) is 4.90 Å². The van der Waals surface area contributed by atoms with Crippen LogP contribution in [-0.4, -0.2) is 59.2 Å². The highest BCUT2D eigenvalue weighted by Gasteiger charge is 2.20. The van der Waals surface area contributed by atoms with Gasteiger partial charge in [-0.3, -0.25) is 0 Å². The summed E-state index contributed by atoms with van der Waals surface area (Å²) >= 11 is 5.96. The van der Waals surface area contributed by atoms with Gasteiger partial charge in [0.05, 0.1) is 6.61 Å². The fourth-order valence-corrected chi connectivity index (χ4v) is 2.81. The minimum Gasteiger partial charge on any atom is -0.463 e. The molecule has 0 N–H and O–H groups in total. The Morgan fingerprint density at radius 2 is 2.05 bits per heavy atom. The maximum atomic E-state index is 5.96. The molecule has 0 spiro atoms. The molecule has 0 radical (unpaired) electrons. The predicted octanol–water partition coefficient (Wildman–Crippen LogP) is 2.23. The van der Waals surface area contributed by atoms with E-state index in [-0.39, 0.29) is 5.28 Å².